The maximum atomic E-state index is 13.9. The highest BCUT2D eigenvalue weighted by atomic mass is 31.2. The molecule has 2 aromatic carbocycles. The molecule has 1 atom stereocenters. The molecule has 112 valence electrons. The third-order valence-corrected chi connectivity index (χ3v) is 7.11. The summed E-state index contributed by atoms with van der Waals surface area (Å²) in [7, 11) is -2.60. The summed E-state index contributed by atoms with van der Waals surface area (Å²) in [4.78, 5) is 0. The van der Waals surface area contributed by atoms with E-state index in [9.17, 15) is 4.57 Å². The number of hydrogen-bond acceptors (Lipinski definition) is 1. The first kappa shape index (κ1) is 16.0. The van der Waals surface area contributed by atoms with Crippen LogP contribution in [0, 0.1) is 19.3 Å². The SMILES string of the molecule is Cc1cc(C)cc([P@](=O)(CC(C)(C)C)c2ccccc2)c1. The highest BCUT2D eigenvalue weighted by Gasteiger charge is 2.32. The summed E-state index contributed by atoms with van der Waals surface area (Å²) in [5.74, 6) is 0. The van der Waals surface area contributed by atoms with Gasteiger partial charge in [0.15, 0.2) is 0 Å². The fourth-order valence-electron chi connectivity index (χ4n) is 2.83. The van der Waals surface area contributed by atoms with Gasteiger partial charge < -0.3 is 4.57 Å². The van der Waals surface area contributed by atoms with Crippen molar-refractivity contribution in [3.63, 3.8) is 0 Å². The number of rotatable bonds is 3. The van der Waals surface area contributed by atoms with Crippen molar-refractivity contribution in [2.24, 2.45) is 5.41 Å². The van der Waals surface area contributed by atoms with E-state index in [0.29, 0.717) is 6.16 Å². The summed E-state index contributed by atoms with van der Waals surface area (Å²) in [6.45, 7) is 10.6. The van der Waals surface area contributed by atoms with Crippen LogP contribution < -0.4 is 10.6 Å². The summed E-state index contributed by atoms with van der Waals surface area (Å²) in [6, 6.07) is 16.3. The van der Waals surface area contributed by atoms with Crippen LogP contribution in [-0.2, 0) is 4.57 Å². The molecule has 0 unspecified atom stereocenters. The van der Waals surface area contributed by atoms with E-state index in [4.69, 9.17) is 0 Å². The van der Waals surface area contributed by atoms with Gasteiger partial charge in [0.25, 0.3) is 0 Å². The van der Waals surface area contributed by atoms with Gasteiger partial charge in [-0.05, 0) is 31.4 Å². The lowest BCUT2D eigenvalue weighted by atomic mass is 10.0. The summed E-state index contributed by atoms with van der Waals surface area (Å²) < 4.78 is 13.9. The van der Waals surface area contributed by atoms with Gasteiger partial charge in [0, 0.05) is 16.8 Å². The van der Waals surface area contributed by atoms with Crippen LogP contribution in [0.4, 0.5) is 0 Å². The Morgan fingerprint density at radius 3 is 1.86 bits per heavy atom. The molecule has 1 nitrogen and oxygen atoms in total. The fraction of sp³-hybridized carbons (Fsp3) is 0.368. The van der Waals surface area contributed by atoms with Gasteiger partial charge in [-0.3, -0.25) is 0 Å². The molecule has 0 aliphatic carbocycles. The molecule has 2 aromatic rings. The van der Waals surface area contributed by atoms with Gasteiger partial charge in [0.1, 0.15) is 7.14 Å². The minimum absolute atomic E-state index is 0.0169. The molecule has 2 rings (SSSR count). The topological polar surface area (TPSA) is 17.1 Å². The zero-order valence-corrected chi connectivity index (χ0v) is 14.6. The molecule has 0 aromatic heterocycles. The highest BCUT2D eigenvalue weighted by molar-refractivity contribution is 7.78. The van der Waals surface area contributed by atoms with E-state index in [1.165, 1.54) is 11.1 Å². The van der Waals surface area contributed by atoms with Crippen molar-refractivity contribution < 1.29 is 4.57 Å². The average molecular weight is 300 g/mol. The van der Waals surface area contributed by atoms with Crippen molar-refractivity contribution in [1.82, 2.24) is 0 Å². The van der Waals surface area contributed by atoms with E-state index >= 15 is 0 Å². The van der Waals surface area contributed by atoms with Crippen LogP contribution in [0.5, 0.6) is 0 Å². The third-order valence-electron chi connectivity index (χ3n) is 3.49. The maximum Gasteiger partial charge on any atom is 0.143 e. The molecule has 0 aliphatic rings. The molecule has 21 heavy (non-hydrogen) atoms. The van der Waals surface area contributed by atoms with Gasteiger partial charge in [-0.15, -0.1) is 0 Å². The second-order valence-corrected chi connectivity index (χ2v) is 9.97. The van der Waals surface area contributed by atoms with Crippen LogP contribution in [0.1, 0.15) is 31.9 Å². The summed E-state index contributed by atoms with van der Waals surface area (Å²) >= 11 is 0. The molecular weight excluding hydrogens is 275 g/mol. The first-order valence-corrected chi connectivity index (χ1v) is 9.33. The van der Waals surface area contributed by atoms with Crippen molar-refractivity contribution in [1.29, 1.82) is 0 Å². The molecule has 0 spiro atoms. The molecule has 0 radical (unpaired) electrons. The van der Waals surface area contributed by atoms with Crippen LogP contribution in [0.2, 0.25) is 0 Å². The van der Waals surface area contributed by atoms with Gasteiger partial charge in [0.2, 0.25) is 0 Å². The molecule has 0 amide bonds. The van der Waals surface area contributed by atoms with Crippen LogP contribution in [0.15, 0.2) is 48.5 Å². The number of benzene rings is 2. The molecule has 0 N–H and O–H groups in total. The first-order valence-electron chi connectivity index (χ1n) is 7.44. The number of aryl methyl sites for hydroxylation is 2. The molecule has 0 saturated heterocycles. The molecule has 0 fully saturated rings. The van der Waals surface area contributed by atoms with Gasteiger partial charge in [-0.2, -0.15) is 0 Å². The second-order valence-electron chi connectivity index (χ2n) is 7.14. The molecule has 0 saturated carbocycles. The Labute approximate surface area is 128 Å². The smallest absolute Gasteiger partial charge is 0.143 e. The Morgan fingerprint density at radius 2 is 1.38 bits per heavy atom. The lowest BCUT2D eigenvalue weighted by molar-refractivity contribution is 0.466. The quantitative estimate of drug-likeness (QED) is 0.753. The maximum absolute atomic E-state index is 13.9. The standard InChI is InChI=1S/C19H25OP/c1-15-11-16(2)13-18(12-15)21(20,14-19(3,4)5)17-9-7-6-8-10-17/h6-13H,14H2,1-5H3/t21-/m0/s1. The summed E-state index contributed by atoms with van der Waals surface area (Å²) in [5, 5.41) is 1.95. The minimum Gasteiger partial charge on any atom is -0.314 e. The zero-order valence-electron chi connectivity index (χ0n) is 13.7. The van der Waals surface area contributed by atoms with Gasteiger partial charge in [-0.25, -0.2) is 0 Å². The predicted molar refractivity (Wildman–Crippen MR) is 93.6 cm³/mol. The van der Waals surface area contributed by atoms with E-state index in [2.05, 4.69) is 52.8 Å². The van der Waals surface area contributed by atoms with E-state index < -0.39 is 7.14 Å². The number of hydrogen-bond donors (Lipinski definition) is 0. The van der Waals surface area contributed by atoms with Crippen molar-refractivity contribution in [2.45, 2.75) is 34.6 Å². The molecule has 0 aliphatic heterocycles. The summed E-state index contributed by atoms with van der Waals surface area (Å²) in [5.41, 5.74) is 2.37. The Hall–Kier alpha value is -1.33. The summed E-state index contributed by atoms with van der Waals surface area (Å²) in [6.07, 6.45) is 0.687. The molecule has 2 heteroatoms. The molecular formula is C19H25OP. The van der Waals surface area contributed by atoms with Crippen LogP contribution >= 0.6 is 7.14 Å². The van der Waals surface area contributed by atoms with Gasteiger partial charge in [0.05, 0.1) is 0 Å². The van der Waals surface area contributed by atoms with Crippen molar-refractivity contribution in [2.75, 3.05) is 6.16 Å². The van der Waals surface area contributed by atoms with E-state index in [1.807, 2.05) is 30.3 Å². The zero-order chi connectivity index (χ0) is 15.7. The van der Waals surface area contributed by atoms with Crippen LogP contribution in [-0.4, -0.2) is 6.16 Å². The predicted octanol–water partition coefficient (Wildman–Crippen LogP) is 4.66. The lowest BCUT2D eigenvalue weighted by Gasteiger charge is -2.28. The normalized spacial score (nSPS) is 14.7. The average Bonchev–Trinajstić information content (AvgIpc) is 2.36. The Morgan fingerprint density at radius 1 is 0.857 bits per heavy atom. The second kappa shape index (κ2) is 5.81. The van der Waals surface area contributed by atoms with Crippen LogP contribution in [0.25, 0.3) is 0 Å². The monoisotopic (exact) mass is 300 g/mol. The fourth-order valence-corrected chi connectivity index (χ4v) is 6.30. The van der Waals surface area contributed by atoms with E-state index in [0.717, 1.165) is 10.6 Å². The van der Waals surface area contributed by atoms with Crippen molar-refractivity contribution >= 4 is 17.8 Å². The van der Waals surface area contributed by atoms with Crippen molar-refractivity contribution in [3.05, 3.63) is 59.7 Å². The van der Waals surface area contributed by atoms with E-state index in [1.54, 1.807) is 0 Å². The van der Waals surface area contributed by atoms with Gasteiger partial charge in [-0.1, -0.05) is 68.3 Å². The highest BCUT2D eigenvalue weighted by Crippen LogP contribution is 2.48. The Balaban J connectivity index is 2.64. The third kappa shape index (κ3) is 3.86. The van der Waals surface area contributed by atoms with Crippen LogP contribution in [0.3, 0.4) is 0 Å². The van der Waals surface area contributed by atoms with Gasteiger partial charge >= 0.3 is 0 Å². The molecule has 0 heterocycles. The first-order chi connectivity index (χ1) is 9.71. The lowest BCUT2D eigenvalue weighted by Crippen LogP contribution is -2.25. The largest absolute Gasteiger partial charge is 0.314 e. The molecule has 0 bridgehead atoms. The van der Waals surface area contributed by atoms with E-state index in [-0.39, 0.29) is 5.41 Å². The Kier molecular flexibility index (Phi) is 4.44. The Bertz CT molecular complexity index is 645. The van der Waals surface area contributed by atoms with Crippen molar-refractivity contribution in [3.8, 4) is 0 Å². The minimum atomic E-state index is -2.60.